The Kier molecular flexibility index (Phi) is 6.63. The number of rotatable bonds is 2. The molecule has 0 amide bonds. The van der Waals surface area contributed by atoms with E-state index in [2.05, 4.69) is 0 Å². The zero-order valence-corrected chi connectivity index (χ0v) is 9.75. The Labute approximate surface area is 109 Å². The van der Waals surface area contributed by atoms with Crippen molar-refractivity contribution in [2.45, 2.75) is 0 Å². The first kappa shape index (κ1) is 15.2. The smallest absolute Gasteiger partial charge is 0.278 e. The Balaban J connectivity index is 0.000000284. The summed E-state index contributed by atoms with van der Waals surface area (Å²) in [6.45, 7) is 0. The fraction of sp³-hybridized carbons (Fsp3) is 0. The van der Waals surface area contributed by atoms with E-state index in [9.17, 15) is 14.7 Å². The fourth-order valence-corrected chi connectivity index (χ4v) is 1.03. The summed E-state index contributed by atoms with van der Waals surface area (Å²) in [6.07, 6.45) is 0. The fourth-order valence-electron chi connectivity index (χ4n) is 1.03. The van der Waals surface area contributed by atoms with Crippen molar-refractivity contribution >= 4 is 11.9 Å². The first-order valence-corrected chi connectivity index (χ1v) is 4.49. The molecular weight excluding hydrogens is 264 g/mol. The van der Waals surface area contributed by atoms with E-state index < -0.39 is 11.9 Å². The van der Waals surface area contributed by atoms with Gasteiger partial charge in [-0.1, -0.05) is 5.56 Å². The van der Waals surface area contributed by atoms with E-state index in [1.165, 1.54) is 12.1 Å². The van der Waals surface area contributed by atoms with Crippen molar-refractivity contribution in [1.29, 1.82) is 0 Å². The minimum atomic E-state index is -1.12. The Morgan fingerprint density at radius 2 is 1.59 bits per heavy atom. The number of carboxylic acids is 2. The number of carbonyl (C=O) groups excluding carboxylic acids is 1. The molecule has 2 aromatic carbocycles. The van der Waals surface area contributed by atoms with Crippen molar-refractivity contribution in [2.75, 3.05) is 0 Å². The van der Waals surface area contributed by atoms with Gasteiger partial charge < -0.3 is 50.8 Å². The molecule has 5 heteroatoms. The number of hydrogen-bond donors (Lipinski definition) is 1. The zero-order chi connectivity index (χ0) is 12.0. The summed E-state index contributed by atoms with van der Waals surface area (Å²) in [4.78, 5) is 20.0. The Bertz CT molecular complexity index is 399. The van der Waals surface area contributed by atoms with Gasteiger partial charge in [0.2, 0.25) is 0 Å². The number of carboxylic acid groups (broad SMARTS) is 2. The van der Waals surface area contributed by atoms with Crippen molar-refractivity contribution in [2.24, 2.45) is 0 Å². The molecule has 0 aromatic heterocycles. The van der Waals surface area contributed by atoms with Gasteiger partial charge in [-0.05, 0) is 0 Å². The maximum Gasteiger partial charge on any atom is 0.278 e. The van der Waals surface area contributed by atoms with Gasteiger partial charge in [0.1, 0.15) is 0 Å². The van der Waals surface area contributed by atoms with Crippen LogP contribution in [0, 0.1) is 0 Å². The summed E-state index contributed by atoms with van der Waals surface area (Å²) >= 11 is 0. The average molecular weight is 273 g/mol. The molecule has 0 saturated carbocycles. The van der Waals surface area contributed by atoms with Gasteiger partial charge in [-0.15, -0.1) is 0 Å². The molecule has 0 radical (unpaired) electrons. The molecule has 0 saturated heterocycles. The molecule has 0 unspecified atom stereocenters. The van der Waals surface area contributed by atoms with Crippen LogP contribution in [0.15, 0.2) is 48.5 Å². The van der Waals surface area contributed by atoms with Crippen molar-refractivity contribution in [1.82, 2.24) is 0 Å². The normalized spacial score (nSPS) is 8.47. The van der Waals surface area contributed by atoms with E-state index in [0.29, 0.717) is 5.56 Å². The minimum absolute atomic E-state index is 0. The maximum atomic E-state index is 10.1. The molecule has 17 heavy (non-hydrogen) atoms. The van der Waals surface area contributed by atoms with Crippen molar-refractivity contribution in [3.63, 3.8) is 0 Å². The van der Waals surface area contributed by atoms with Gasteiger partial charge in [-0.2, -0.15) is 12.1 Å². The molecule has 0 aliphatic rings. The molecule has 96 valence electrons. The molecule has 0 aliphatic heterocycles. The van der Waals surface area contributed by atoms with Crippen molar-refractivity contribution < 1.29 is 36.9 Å². The Hall–Kier alpha value is -1.84. The summed E-state index contributed by atoms with van der Waals surface area (Å²) in [7, 11) is 0. The van der Waals surface area contributed by atoms with Crippen LogP contribution in [-0.4, -0.2) is 17.0 Å². The van der Waals surface area contributed by atoms with Gasteiger partial charge in [0.05, 0.1) is 0 Å². The first-order valence-electron chi connectivity index (χ1n) is 4.49. The van der Waals surface area contributed by atoms with E-state index >= 15 is 0 Å². The first-order chi connectivity index (χ1) is 7.61. The molecule has 0 bridgehead atoms. The second kappa shape index (κ2) is 7.44. The van der Waals surface area contributed by atoms with Crippen LogP contribution in [0.25, 0.3) is 0 Å². The van der Waals surface area contributed by atoms with E-state index in [0.717, 1.165) is 0 Å². The van der Waals surface area contributed by atoms with Crippen LogP contribution in [0.5, 0.6) is 0 Å². The molecule has 0 aliphatic carbocycles. The molecule has 0 spiro atoms. The van der Waals surface area contributed by atoms with E-state index in [-0.39, 0.29) is 22.6 Å². The largest absolute Gasteiger partial charge is 0.748 e. The SMILES string of the molecule is O=C(O)[c-]1cccc1.O=C([O-])[c-]1[cH-][cH-][cH-][cH-]1.[Fe]. The summed E-state index contributed by atoms with van der Waals surface area (Å²) in [5, 5.41) is 18.2. The molecule has 2 aromatic rings. The van der Waals surface area contributed by atoms with Gasteiger partial charge >= 0.3 is 0 Å². The van der Waals surface area contributed by atoms with Crippen molar-refractivity contribution in [3.05, 3.63) is 59.7 Å². The standard InChI is InChI=1S/2C6H5O2.Fe/c2*7-6(8)5-3-1-2-4-5;/h2*1-4H,(H,7,8);/q-5;-1;/p-1. The Morgan fingerprint density at radius 1 is 1.12 bits per heavy atom. The number of hydrogen-bond acceptors (Lipinski definition) is 3. The van der Waals surface area contributed by atoms with Gasteiger partial charge in [0, 0.05) is 17.1 Å². The summed E-state index contributed by atoms with van der Waals surface area (Å²) in [5.74, 6) is -1.98. The van der Waals surface area contributed by atoms with Gasteiger partial charge in [0.25, 0.3) is 5.97 Å². The third-order valence-corrected chi connectivity index (χ3v) is 1.81. The quantitative estimate of drug-likeness (QED) is 0.650. The Morgan fingerprint density at radius 3 is 1.82 bits per heavy atom. The molecule has 4 nitrogen and oxygen atoms in total. The second-order valence-electron chi connectivity index (χ2n) is 2.94. The van der Waals surface area contributed by atoms with Crippen LogP contribution in [0.1, 0.15) is 20.7 Å². The van der Waals surface area contributed by atoms with E-state index in [1.807, 2.05) is 0 Å². The average Bonchev–Trinajstić information content (AvgIpc) is 2.93. The van der Waals surface area contributed by atoms with Crippen LogP contribution in [0.2, 0.25) is 0 Å². The number of carbonyl (C=O) groups is 2. The summed E-state index contributed by atoms with van der Waals surface area (Å²) in [6, 6.07) is 12.8. The van der Waals surface area contributed by atoms with Crippen molar-refractivity contribution in [3.8, 4) is 0 Å². The molecule has 1 N–H and O–H groups in total. The predicted octanol–water partition coefficient (Wildman–Crippen LogP) is 0.870. The third kappa shape index (κ3) is 5.15. The van der Waals surface area contributed by atoms with Crippen LogP contribution in [0.4, 0.5) is 0 Å². The van der Waals surface area contributed by atoms with Crippen LogP contribution in [0.3, 0.4) is 0 Å². The van der Waals surface area contributed by atoms with Gasteiger partial charge in [-0.25, -0.2) is 12.1 Å². The molecule has 0 atom stereocenters. The summed E-state index contributed by atoms with van der Waals surface area (Å²) < 4.78 is 0. The topological polar surface area (TPSA) is 77.4 Å². The molecule has 0 fully saturated rings. The zero-order valence-electron chi connectivity index (χ0n) is 8.64. The second-order valence-corrected chi connectivity index (χ2v) is 2.94. The van der Waals surface area contributed by atoms with E-state index in [1.54, 1.807) is 36.4 Å². The third-order valence-electron chi connectivity index (χ3n) is 1.81. The number of aromatic carboxylic acids is 2. The van der Waals surface area contributed by atoms with Crippen LogP contribution >= 0.6 is 0 Å². The van der Waals surface area contributed by atoms with Gasteiger partial charge in [-0.3, -0.25) is 4.79 Å². The van der Waals surface area contributed by atoms with E-state index in [4.69, 9.17) is 5.11 Å². The monoisotopic (exact) mass is 273 g/mol. The summed E-state index contributed by atoms with van der Waals surface area (Å²) in [5.41, 5.74) is 0.593. The van der Waals surface area contributed by atoms with Crippen LogP contribution in [-0.2, 0) is 17.1 Å². The molecule has 0 heterocycles. The van der Waals surface area contributed by atoms with Gasteiger partial charge in [0.15, 0.2) is 0 Å². The van der Waals surface area contributed by atoms with Crippen LogP contribution < -0.4 is 5.11 Å². The minimum Gasteiger partial charge on any atom is -0.748 e. The molecular formula is C12H9FeO4-7. The predicted molar refractivity (Wildman–Crippen MR) is 55.4 cm³/mol. The maximum absolute atomic E-state index is 10.1. The molecule has 2 rings (SSSR count).